The smallest absolute Gasteiger partial charge is 0.415 e. The van der Waals surface area contributed by atoms with Crippen LogP contribution in [-0.2, 0) is 16.1 Å². The van der Waals surface area contributed by atoms with Gasteiger partial charge in [0.2, 0.25) is 0 Å². The summed E-state index contributed by atoms with van der Waals surface area (Å²) < 4.78 is 45.5. The summed E-state index contributed by atoms with van der Waals surface area (Å²) >= 11 is 0. The molecule has 1 saturated carbocycles. The molecule has 198 valence electrons. The Morgan fingerprint density at radius 2 is 2.11 bits per heavy atom. The second-order valence-electron chi connectivity index (χ2n) is 8.89. The van der Waals surface area contributed by atoms with Gasteiger partial charge in [0, 0.05) is 26.1 Å². The summed E-state index contributed by atoms with van der Waals surface area (Å²) in [6.07, 6.45) is -2.20. The Kier molecular flexibility index (Phi) is 6.49. The number of nitrogens with zero attached hydrogens (tertiary/aromatic N) is 5. The van der Waals surface area contributed by atoms with Gasteiger partial charge >= 0.3 is 18.5 Å². The van der Waals surface area contributed by atoms with Gasteiger partial charge < -0.3 is 20.3 Å². The number of hydrogen-bond acceptors (Lipinski definition) is 8. The predicted octanol–water partition coefficient (Wildman–Crippen LogP) is 0.329. The number of ether oxygens (including phenoxy) is 1. The highest BCUT2D eigenvalue weighted by Crippen LogP contribution is 2.46. The zero-order valence-corrected chi connectivity index (χ0v) is 19.4. The number of aromatic amines is 1. The maximum Gasteiger partial charge on any atom is 0.415 e. The largest absolute Gasteiger partial charge is 0.438 e. The van der Waals surface area contributed by atoms with E-state index in [0.29, 0.717) is 31.0 Å². The minimum atomic E-state index is -3.16. The third-order valence-electron chi connectivity index (χ3n) is 6.47. The Morgan fingerprint density at radius 3 is 2.84 bits per heavy atom. The number of carbonyl (C=O) groups excluding carboxylic acids is 3. The first-order valence-electron chi connectivity index (χ1n) is 11.5. The van der Waals surface area contributed by atoms with Crippen molar-refractivity contribution in [2.24, 2.45) is 0 Å². The number of aromatic nitrogens is 3. The lowest BCUT2D eigenvalue weighted by atomic mass is 10.2. The summed E-state index contributed by atoms with van der Waals surface area (Å²) in [5, 5.41) is 16.3. The molecule has 0 bridgehead atoms. The molecule has 0 radical (unpaired) electrons. The molecule has 1 aromatic heterocycles. The van der Waals surface area contributed by atoms with Gasteiger partial charge in [0.05, 0.1) is 43.2 Å². The lowest BCUT2D eigenvalue weighted by Gasteiger charge is -2.24. The zero-order chi connectivity index (χ0) is 26.2. The van der Waals surface area contributed by atoms with Crippen molar-refractivity contribution < 1.29 is 32.3 Å². The monoisotopic (exact) mass is 523 g/mol. The summed E-state index contributed by atoms with van der Waals surface area (Å²) in [5.41, 5.74) is 3.03. The molecule has 3 heterocycles. The van der Waals surface area contributed by atoms with Gasteiger partial charge in [-0.05, 0) is 18.2 Å². The standard InChI is InChI=1S/C21H24F3N9O4/c22-14-7-13(32-11-21(37-20(32)36)8-16(21)28-18(34)17(23)24)1-2-15(14)31-4-3-27-33(6-5-31)19(35)25-9-12-10-26-30-29-12/h1-2,7,10,16-17,27H,3-6,8-9,11H2,(H,25,35)(H,28,34)(H,26,29,30). The van der Waals surface area contributed by atoms with E-state index < -0.39 is 35.9 Å². The van der Waals surface area contributed by atoms with Crippen molar-refractivity contribution in [1.29, 1.82) is 0 Å². The first kappa shape index (κ1) is 24.6. The van der Waals surface area contributed by atoms with Crippen molar-refractivity contribution in [3.63, 3.8) is 0 Å². The number of hydrazine groups is 1. The highest BCUT2D eigenvalue weighted by molar-refractivity contribution is 5.91. The minimum Gasteiger partial charge on any atom is -0.438 e. The van der Waals surface area contributed by atoms with E-state index in [1.807, 2.05) is 0 Å². The maximum absolute atomic E-state index is 15.1. The van der Waals surface area contributed by atoms with Gasteiger partial charge in [-0.3, -0.25) is 14.7 Å². The molecular weight excluding hydrogens is 499 g/mol. The van der Waals surface area contributed by atoms with Crippen LogP contribution in [0.4, 0.5) is 34.1 Å². The van der Waals surface area contributed by atoms with Crippen LogP contribution in [-0.4, -0.2) is 89.2 Å². The Morgan fingerprint density at radius 1 is 1.27 bits per heavy atom. The second-order valence-corrected chi connectivity index (χ2v) is 8.89. The first-order valence-corrected chi connectivity index (χ1v) is 11.5. The Hall–Kier alpha value is -4.08. The van der Waals surface area contributed by atoms with E-state index >= 15 is 4.39 Å². The van der Waals surface area contributed by atoms with E-state index in [1.54, 1.807) is 11.0 Å². The maximum atomic E-state index is 15.1. The van der Waals surface area contributed by atoms with Crippen LogP contribution < -0.4 is 25.9 Å². The quantitative estimate of drug-likeness (QED) is 0.424. The molecule has 2 saturated heterocycles. The summed E-state index contributed by atoms with van der Waals surface area (Å²) in [7, 11) is 0. The second kappa shape index (κ2) is 9.76. The van der Waals surface area contributed by atoms with Crippen molar-refractivity contribution in [2.45, 2.75) is 31.0 Å². The number of alkyl halides is 2. The van der Waals surface area contributed by atoms with Crippen LogP contribution in [0.25, 0.3) is 0 Å². The van der Waals surface area contributed by atoms with Gasteiger partial charge in [0.1, 0.15) is 11.5 Å². The molecule has 2 unspecified atom stereocenters. The summed E-state index contributed by atoms with van der Waals surface area (Å²) in [6, 6.07) is 3.23. The number of anilines is 2. The highest BCUT2D eigenvalue weighted by Gasteiger charge is 2.64. The van der Waals surface area contributed by atoms with Crippen LogP contribution in [0, 0.1) is 5.82 Å². The van der Waals surface area contributed by atoms with Gasteiger partial charge in [-0.2, -0.15) is 24.2 Å². The van der Waals surface area contributed by atoms with Gasteiger partial charge in [-0.25, -0.2) is 19.4 Å². The number of benzene rings is 1. The molecule has 1 aliphatic carbocycles. The molecule has 3 fully saturated rings. The van der Waals surface area contributed by atoms with E-state index in [9.17, 15) is 23.2 Å². The minimum absolute atomic E-state index is 0.00481. The molecule has 2 aliphatic heterocycles. The molecule has 3 aliphatic rings. The van der Waals surface area contributed by atoms with Crippen molar-refractivity contribution >= 4 is 29.4 Å². The molecule has 2 atom stereocenters. The molecule has 1 spiro atoms. The van der Waals surface area contributed by atoms with Gasteiger partial charge in [-0.1, -0.05) is 0 Å². The number of rotatable bonds is 6. The van der Waals surface area contributed by atoms with Crippen molar-refractivity contribution in [1.82, 2.24) is 36.5 Å². The Balaban J connectivity index is 1.18. The fraction of sp³-hybridized carbons (Fsp3) is 0.476. The average Bonchev–Trinajstić information content (AvgIpc) is 3.15. The van der Waals surface area contributed by atoms with E-state index in [4.69, 9.17) is 4.74 Å². The number of halogens is 3. The number of amides is 4. The number of H-pyrrole nitrogens is 1. The fourth-order valence-corrected chi connectivity index (χ4v) is 4.42. The van der Waals surface area contributed by atoms with Crippen LogP contribution in [0.5, 0.6) is 0 Å². The van der Waals surface area contributed by atoms with Crippen LogP contribution in [0.2, 0.25) is 0 Å². The zero-order valence-electron chi connectivity index (χ0n) is 19.4. The molecule has 4 amide bonds. The molecule has 2 aromatic rings. The molecule has 16 heteroatoms. The van der Waals surface area contributed by atoms with Crippen molar-refractivity contribution in [3.05, 3.63) is 35.9 Å². The van der Waals surface area contributed by atoms with Gasteiger partial charge in [-0.15, -0.1) is 0 Å². The van der Waals surface area contributed by atoms with E-state index in [0.717, 1.165) is 0 Å². The Bertz CT molecular complexity index is 1180. The lowest BCUT2D eigenvalue weighted by molar-refractivity contribution is -0.132. The molecular formula is C21H24F3N9O4. The lowest BCUT2D eigenvalue weighted by Crippen LogP contribution is -2.48. The summed E-state index contributed by atoms with van der Waals surface area (Å²) in [4.78, 5) is 39.1. The van der Waals surface area contributed by atoms with Crippen LogP contribution in [0.3, 0.4) is 0 Å². The fourth-order valence-electron chi connectivity index (χ4n) is 4.42. The van der Waals surface area contributed by atoms with Gasteiger partial charge in [0.15, 0.2) is 5.60 Å². The average molecular weight is 523 g/mol. The molecule has 13 nitrogen and oxygen atoms in total. The number of carbonyl (C=O) groups is 3. The van der Waals surface area contributed by atoms with E-state index in [1.165, 1.54) is 28.2 Å². The third kappa shape index (κ3) is 5.09. The Labute approximate surface area is 208 Å². The van der Waals surface area contributed by atoms with Crippen LogP contribution in [0.1, 0.15) is 12.1 Å². The third-order valence-corrected chi connectivity index (χ3v) is 6.47. The SMILES string of the molecule is O=C(NC1CC12CN(c1ccc(N3CCNN(C(=O)NCc4cn[nH]n4)CC3)c(F)c1)C(=O)O2)C(F)F. The van der Waals surface area contributed by atoms with Gasteiger partial charge in [0.25, 0.3) is 5.91 Å². The van der Waals surface area contributed by atoms with E-state index in [-0.39, 0.29) is 37.8 Å². The number of urea groups is 1. The topological polar surface area (TPSA) is 148 Å². The number of nitrogens with one attached hydrogen (secondary N) is 4. The number of hydrogen-bond donors (Lipinski definition) is 4. The summed E-state index contributed by atoms with van der Waals surface area (Å²) in [6.45, 7) is 1.63. The molecule has 4 N–H and O–H groups in total. The van der Waals surface area contributed by atoms with Crippen LogP contribution >= 0.6 is 0 Å². The normalized spacial score (nSPS) is 23.3. The van der Waals surface area contributed by atoms with Crippen molar-refractivity contribution in [2.75, 3.05) is 42.5 Å². The molecule has 1 aromatic carbocycles. The van der Waals surface area contributed by atoms with Crippen molar-refractivity contribution in [3.8, 4) is 0 Å². The summed E-state index contributed by atoms with van der Waals surface area (Å²) in [5.74, 6) is -2.00. The van der Waals surface area contributed by atoms with Crippen LogP contribution in [0.15, 0.2) is 24.4 Å². The first-order chi connectivity index (χ1) is 17.8. The molecule has 37 heavy (non-hydrogen) atoms. The van der Waals surface area contributed by atoms with E-state index in [2.05, 4.69) is 31.5 Å². The molecule has 5 rings (SSSR count). The highest BCUT2D eigenvalue weighted by atomic mass is 19.3. The predicted molar refractivity (Wildman–Crippen MR) is 121 cm³/mol.